The van der Waals surface area contributed by atoms with Crippen LogP contribution in [0.5, 0.6) is 0 Å². The van der Waals surface area contributed by atoms with Crippen molar-refractivity contribution in [3.8, 4) is 0 Å². The molecule has 0 radical (unpaired) electrons. The summed E-state index contributed by atoms with van der Waals surface area (Å²) in [5.41, 5.74) is 0.540. The fourth-order valence-electron chi connectivity index (χ4n) is 1.53. The highest BCUT2D eigenvalue weighted by molar-refractivity contribution is 5.18. The summed E-state index contributed by atoms with van der Waals surface area (Å²) in [5, 5.41) is 3.23. The van der Waals surface area contributed by atoms with Gasteiger partial charge in [-0.25, -0.2) is 8.78 Å². The number of rotatable bonds is 3. The molecule has 0 saturated heterocycles. The highest BCUT2D eigenvalue weighted by atomic mass is 19.1. The van der Waals surface area contributed by atoms with Gasteiger partial charge in [-0.2, -0.15) is 0 Å². The first-order valence-electron chi connectivity index (χ1n) is 4.93. The van der Waals surface area contributed by atoms with Gasteiger partial charge < -0.3 is 5.32 Å². The molecule has 1 aromatic carbocycles. The maximum absolute atomic E-state index is 13.1. The molecule has 76 valence electrons. The molecule has 0 heterocycles. The molecule has 1 saturated carbocycles. The van der Waals surface area contributed by atoms with Crippen LogP contribution < -0.4 is 5.32 Å². The molecule has 0 aliphatic heterocycles. The average Bonchev–Trinajstić information content (AvgIpc) is 2.05. The Morgan fingerprint density at radius 3 is 2.64 bits per heavy atom. The van der Waals surface area contributed by atoms with Crippen molar-refractivity contribution in [2.45, 2.75) is 31.8 Å². The molecule has 2 rings (SSSR count). The van der Waals surface area contributed by atoms with E-state index in [1.165, 1.54) is 31.4 Å². The van der Waals surface area contributed by atoms with Crippen molar-refractivity contribution in [1.82, 2.24) is 5.32 Å². The summed E-state index contributed by atoms with van der Waals surface area (Å²) < 4.78 is 25.7. The fourth-order valence-corrected chi connectivity index (χ4v) is 1.53. The van der Waals surface area contributed by atoms with Crippen molar-refractivity contribution in [1.29, 1.82) is 0 Å². The minimum absolute atomic E-state index is 0.461. The summed E-state index contributed by atoms with van der Waals surface area (Å²) in [4.78, 5) is 0. The van der Waals surface area contributed by atoms with Gasteiger partial charge in [-0.05, 0) is 18.9 Å². The zero-order valence-corrected chi connectivity index (χ0v) is 7.89. The molecule has 1 fully saturated rings. The van der Waals surface area contributed by atoms with Gasteiger partial charge >= 0.3 is 0 Å². The van der Waals surface area contributed by atoms with Crippen molar-refractivity contribution < 1.29 is 8.78 Å². The van der Waals surface area contributed by atoms with Crippen LogP contribution in [-0.2, 0) is 6.54 Å². The van der Waals surface area contributed by atoms with Crippen LogP contribution >= 0.6 is 0 Å². The van der Waals surface area contributed by atoms with Gasteiger partial charge in [0.1, 0.15) is 11.6 Å². The molecule has 1 N–H and O–H groups in total. The highest BCUT2D eigenvalue weighted by Gasteiger charge is 2.16. The largest absolute Gasteiger partial charge is 0.310 e. The van der Waals surface area contributed by atoms with Crippen LogP contribution in [0.25, 0.3) is 0 Å². The zero-order chi connectivity index (χ0) is 9.97. The molecule has 14 heavy (non-hydrogen) atoms. The third-order valence-corrected chi connectivity index (χ3v) is 2.70. The summed E-state index contributed by atoms with van der Waals surface area (Å²) in [5.74, 6) is -0.980. The van der Waals surface area contributed by atoms with Gasteiger partial charge in [-0.1, -0.05) is 12.5 Å². The van der Waals surface area contributed by atoms with Gasteiger partial charge in [0.2, 0.25) is 0 Å². The van der Waals surface area contributed by atoms with E-state index in [1.54, 1.807) is 0 Å². The standard InChI is InChI=1S/C11H13F2N/c12-9-5-4-8(11(13)6-9)7-14-10-2-1-3-10/h4-6,10,14H,1-3,7H2. The van der Waals surface area contributed by atoms with Crippen molar-refractivity contribution >= 4 is 0 Å². The van der Waals surface area contributed by atoms with E-state index >= 15 is 0 Å². The Morgan fingerprint density at radius 1 is 1.29 bits per heavy atom. The van der Waals surface area contributed by atoms with Crippen LogP contribution in [-0.4, -0.2) is 6.04 Å². The minimum atomic E-state index is -0.519. The van der Waals surface area contributed by atoms with Crippen LogP contribution in [0.4, 0.5) is 8.78 Å². The van der Waals surface area contributed by atoms with Gasteiger partial charge in [-0.3, -0.25) is 0 Å². The Hall–Kier alpha value is -0.960. The zero-order valence-electron chi connectivity index (χ0n) is 7.89. The van der Waals surface area contributed by atoms with Crippen molar-refractivity contribution in [2.75, 3.05) is 0 Å². The van der Waals surface area contributed by atoms with Crippen LogP contribution in [0, 0.1) is 11.6 Å². The molecular formula is C11H13F2N. The monoisotopic (exact) mass is 197 g/mol. The maximum Gasteiger partial charge on any atom is 0.130 e. The minimum Gasteiger partial charge on any atom is -0.310 e. The number of nitrogens with one attached hydrogen (secondary N) is 1. The van der Waals surface area contributed by atoms with Crippen LogP contribution in [0.1, 0.15) is 24.8 Å². The van der Waals surface area contributed by atoms with E-state index in [9.17, 15) is 8.78 Å². The second-order valence-corrected chi connectivity index (χ2v) is 3.74. The van der Waals surface area contributed by atoms with E-state index in [0.717, 1.165) is 6.07 Å². The van der Waals surface area contributed by atoms with Gasteiger partial charge in [0, 0.05) is 24.2 Å². The lowest BCUT2D eigenvalue weighted by molar-refractivity contribution is 0.336. The summed E-state index contributed by atoms with van der Waals surface area (Å²) in [6.07, 6.45) is 3.59. The molecule has 0 atom stereocenters. The first kappa shape index (κ1) is 9.59. The first-order chi connectivity index (χ1) is 6.75. The predicted molar refractivity (Wildman–Crippen MR) is 50.8 cm³/mol. The molecule has 3 heteroatoms. The summed E-state index contributed by atoms with van der Waals surface area (Å²) in [6, 6.07) is 4.24. The molecule has 0 bridgehead atoms. The Bertz CT molecular complexity index is 321. The molecule has 1 aliphatic rings. The van der Waals surface area contributed by atoms with Crippen LogP contribution in [0.3, 0.4) is 0 Å². The summed E-state index contributed by atoms with van der Waals surface area (Å²) >= 11 is 0. The lowest BCUT2D eigenvalue weighted by Crippen LogP contribution is -2.34. The molecule has 1 nitrogen and oxygen atoms in total. The van der Waals surface area contributed by atoms with Crippen molar-refractivity contribution in [2.24, 2.45) is 0 Å². The summed E-state index contributed by atoms with van der Waals surface area (Å²) in [7, 11) is 0. The van der Waals surface area contributed by atoms with Crippen LogP contribution in [0.15, 0.2) is 18.2 Å². The van der Waals surface area contributed by atoms with E-state index in [2.05, 4.69) is 5.32 Å². The first-order valence-corrected chi connectivity index (χ1v) is 4.93. The Kier molecular flexibility index (Phi) is 2.77. The molecule has 1 aliphatic carbocycles. The Labute approximate surface area is 82.1 Å². The maximum atomic E-state index is 13.1. The van der Waals surface area contributed by atoms with Crippen molar-refractivity contribution in [3.63, 3.8) is 0 Å². The smallest absolute Gasteiger partial charge is 0.130 e. The van der Waals surface area contributed by atoms with Gasteiger partial charge in [-0.15, -0.1) is 0 Å². The molecule has 0 amide bonds. The second kappa shape index (κ2) is 4.05. The Balaban J connectivity index is 1.94. The second-order valence-electron chi connectivity index (χ2n) is 3.74. The van der Waals surface area contributed by atoms with E-state index in [4.69, 9.17) is 0 Å². The highest BCUT2D eigenvalue weighted by Crippen LogP contribution is 2.19. The lowest BCUT2D eigenvalue weighted by Gasteiger charge is -2.26. The third-order valence-electron chi connectivity index (χ3n) is 2.70. The van der Waals surface area contributed by atoms with E-state index in [-0.39, 0.29) is 0 Å². The molecule has 0 unspecified atom stereocenters. The fraction of sp³-hybridized carbons (Fsp3) is 0.455. The van der Waals surface area contributed by atoms with Crippen molar-refractivity contribution in [3.05, 3.63) is 35.4 Å². The summed E-state index contributed by atoms with van der Waals surface area (Å²) in [6.45, 7) is 0.497. The van der Waals surface area contributed by atoms with Crippen LogP contribution in [0.2, 0.25) is 0 Å². The SMILES string of the molecule is Fc1ccc(CNC2CCC2)c(F)c1. The van der Waals surface area contributed by atoms with Gasteiger partial charge in [0.25, 0.3) is 0 Å². The van der Waals surface area contributed by atoms with Gasteiger partial charge in [0.15, 0.2) is 0 Å². The topological polar surface area (TPSA) is 12.0 Å². The Morgan fingerprint density at radius 2 is 2.07 bits per heavy atom. The van der Waals surface area contributed by atoms with E-state index in [1.807, 2.05) is 0 Å². The molecule has 0 aromatic heterocycles. The number of hydrogen-bond donors (Lipinski definition) is 1. The number of halogens is 2. The third kappa shape index (κ3) is 2.10. The van der Waals surface area contributed by atoms with E-state index < -0.39 is 11.6 Å². The normalized spacial score (nSPS) is 16.7. The quantitative estimate of drug-likeness (QED) is 0.785. The number of hydrogen-bond acceptors (Lipinski definition) is 1. The van der Waals surface area contributed by atoms with Gasteiger partial charge in [0.05, 0.1) is 0 Å². The average molecular weight is 197 g/mol. The number of benzene rings is 1. The predicted octanol–water partition coefficient (Wildman–Crippen LogP) is 2.61. The van der Waals surface area contributed by atoms with E-state index in [0.29, 0.717) is 18.2 Å². The lowest BCUT2D eigenvalue weighted by atomic mass is 9.93. The molecule has 0 spiro atoms. The molecular weight excluding hydrogens is 184 g/mol. The molecule has 1 aromatic rings.